The number of nitriles is 1. The summed E-state index contributed by atoms with van der Waals surface area (Å²) in [7, 11) is 0. The largest absolute Gasteiger partial charge is 0.492 e. The molecule has 0 N–H and O–H groups in total. The van der Waals surface area contributed by atoms with E-state index in [2.05, 4.69) is 41.0 Å². The summed E-state index contributed by atoms with van der Waals surface area (Å²) in [6.45, 7) is 11.1. The van der Waals surface area contributed by atoms with E-state index in [1.807, 2.05) is 6.92 Å². The van der Waals surface area contributed by atoms with Crippen molar-refractivity contribution in [2.24, 2.45) is 0 Å². The molecule has 1 unspecified atom stereocenters. The van der Waals surface area contributed by atoms with Gasteiger partial charge in [0.2, 0.25) is 0 Å². The lowest BCUT2D eigenvalue weighted by atomic mass is 9.90. The number of aryl methyl sites for hydroxylation is 1. The highest BCUT2D eigenvalue weighted by atomic mass is 19.1. The van der Waals surface area contributed by atoms with E-state index in [0.717, 1.165) is 69.0 Å². The highest BCUT2D eigenvalue weighted by Gasteiger charge is 2.18. The zero-order valence-corrected chi connectivity index (χ0v) is 18.1. The third-order valence-electron chi connectivity index (χ3n) is 6.09. The fourth-order valence-electron chi connectivity index (χ4n) is 4.02. The molecule has 5 heteroatoms. The molecule has 0 bridgehead atoms. The first-order valence-corrected chi connectivity index (χ1v) is 10.9. The lowest BCUT2D eigenvalue weighted by Crippen LogP contribution is -2.47. The number of halogens is 1. The van der Waals surface area contributed by atoms with Crippen molar-refractivity contribution in [1.29, 1.82) is 5.26 Å². The van der Waals surface area contributed by atoms with E-state index in [1.54, 1.807) is 12.1 Å². The maximum Gasteiger partial charge on any atom is 0.123 e. The van der Waals surface area contributed by atoms with Crippen molar-refractivity contribution in [3.05, 3.63) is 65.0 Å². The van der Waals surface area contributed by atoms with Crippen LogP contribution in [0.5, 0.6) is 5.75 Å². The first-order chi connectivity index (χ1) is 14.6. The highest BCUT2D eigenvalue weighted by molar-refractivity contribution is 5.40. The monoisotopic (exact) mass is 409 g/mol. The zero-order valence-electron chi connectivity index (χ0n) is 18.1. The normalized spacial score (nSPS) is 16.2. The van der Waals surface area contributed by atoms with Crippen LogP contribution in [0.15, 0.2) is 42.5 Å². The van der Waals surface area contributed by atoms with Crippen LogP contribution in [0, 0.1) is 24.1 Å². The Morgan fingerprint density at radius 2 is 1.70 bits per heavy atom. The van der Waals surface area contributed by atoms with Crippen LogP contribution in [-0.2, 0) is 0 Å². The topological polar surface area (TPSA) is 39.5 Å². The summed E-state index contributed by atoms with van der Waals surface area (Å²) in [5, 5.41) is 9.31. The molecular weight excluding hydrogens is 377 g/mol. The van der Waals surface area contributed by atoms with Crippen LogP contribution in [0.2, 0.25) is 0 Å². The minimum atomic E-state index is -0.239. The molecule has 4 nitrogen and oxygen atoms in total. The second-order valence-corrected chi connectivity index (χ2v) is 8.07. The van der Waals surface area contributed by atoms with Crippen LogP contribution >= 0.6 is 0 Å². The van der Waals surface area contributed by atoms with Gasteiger partial charge in [0.1, 0.15) is 18.2 Å². The molecule has 0 aromatic heterocycles. The Balaban J connectivity index is 1.38. The van der Waals surface area contributed by atoms with Gasteiger partial charge in [0, 0.05) is 32.7 Å². The maximum absolute atomic E-state index is 12.9. The average Bonchev–Trinajstić information content (AvgIpc) is 2.77. The van der Waals surface area contributed by atoms with Gasteiger partial charge in [-0.25, -0.2) is 4.39 Å². The van der Waals surface area contributed by atoms with E-state index in [1.165, 1.54) is 17.7 Å². The molecule has 0 spiro atoms. The van der Waals surface area contributed by atoms with Gasteiger partial charge >= 0.3 is 0 Å². The summed E-state index contributed by atoms with van der Waals surface area (Å²) in [4.78, 5) is 4.97. The summed E-state index contributed by atoms with van der Waals surface area (Å²) in [6.07, 6.45) is 2.22. The molecule has 0 radical (unpaired) electrons. The molecule has 2 aromatic rings. The Kier molecular flexibility index (Phi) is 8.24. The third kappa shape index (κ3) is 6.29. The molecule has 1 saturated heterocycles. The van der Waals surface area contributed by atoms with Gasteiger partial charge in [0.25, 0.3) is 0 Å². The second-order valence-electron chi connectivity index (χ2n) is 8.07. The van der Waals surface area contributed by atoms with Crippen molar-refractivity contribution in [3.63, 3.8) is 0 Å². The number of ether oxygens (including phenoxy) is 1. The fraction of sp³-hybridized carbons (Fsp3) is 0.480. The van der Waals surface area contributed by atoms with Crippen LogP contribution in [0.3, 0.4) is 0 Å². The molecule has 1 aliphatic heterocycles. The summed E-state index contributed by atoms with van der Waals surface area (Å²) in [5.41, 5.74) is 3.13. The number of benzene rings is 2. The van der Waals surface area contributed by atoms with Crippen LogP contribution in [0.25, 0.3) is 0 Å². The molecule has 0 amide bonds. The molecule has 0 saturated carbocycles. The molecule has 3 rings (SSSR count). The molecular formula is C25H32FN3O. The van der Waals surface area contributed by atoms with Crippen LogP contribution in [0.4, 0.5) is 4.39 Å². The van der Waals surface area contributed by atoms with Gasteiger partial charge in [0.05, 0.1) is 11.6 Å². The number of hydrogen-bond acceptors (Lipinski definition) is 4. The lowest BCUT2D eigenvalue weighted by Gasteiger charge is -2.35. The van der Waals surface area contributed by atoms with E-state index in [-0.39, 0.29) is 5.82 Å². The van der Waals surface area contributed by atoms with Gasteiger partial charge in [0.15, 0.2) is 0 Å². The predicted molar refractivity (Wildman–Crippen MR) is 118 cm³/mol. The van der Waals surface area contributed by atoms with E-state index in [0.29, 0.717) is 12.5 Å². The Labute approximate surface area is 179 Å². The lowest BCUT2D eigenvalue weighted by molar-refractivity contribution is 0.114. The van der Waals surface area contributed by atoms with Gasteiger partial charge in [-0.1, -0.05) is 19.1 Å². The quantitative estimate of drug-likeness (QED) is 0.607. The summed E-state index contributed by atoms with van der Waals surface area (Å²) >= 11 is 0. The predicted octanol–water partition coefficient (Wildman–Crippen LogP) is 4.59. The number of rotatable bonds is 9. The van der Waals surface area contributed by atoms with Crippen LogP contribution in [-0.4, -0.2) is 55.7 Å². The average molecular weight is 410 g/mol. The molecule has 0 aliphatic carbocycles. The van der Waals surface area contributed by atoms with E-state index >= 15 is 0 Å². The zero-order chi connectivity index (χ0) is 21.3. The fourth-order valence-corrected chi connectivity index (χ4v) is 4.02. The molecule has 2 aromatic carbocycles. The highest BCUT2D eigenvalue weighted by Crippen LogP contribution is 2.26. The van der Waals surface area contributed by atoms with Gasteiger partial charge in [-0.3, -0.25) is 4.90 Å². The van der Waals surface area contributed by atoms with E-state index in [9.17, 15) is 9.65 Å². The van der Waals surface area contributed by atoms with Crippen LogP contribution < -0.4 is 4.74 Å². The van der Waals surface area contributed by atoms with Gasteiger partial charge in [-0.05, 0) is 73.7 Å². The number of nitrogens with zero attached hydrogens (tertiary/aromatic N) is 3. The summed E-state index contributed by atoms with van der Waals surface area (Å²) in [5.74, 6) is 0.979. The van der Waals surface area contributed by atoms with Gasteiger partial charge < -0.3 is 9.64 Å². The van der Waals surface area contributed by atoms with Gasteiger partial charge in [-0.2, -0.15) is 5.26 Å². The number of piperazine rings is 1. The standard InChI is InChI=1S/C25H32FN3O/c1-3-21(22-5-4-20(2)23(18-22)19-27)10-11-28-12-14-29(15-13-28)16-17-30-25-8-6-24(26)7-9-25/h4-9,18,21H,3,10-17H2,1-2H3. The second kappa shape index (κ2) is 11.1. The molecule has 160 valence electrons. The van der Waals surface area contributed by atoms with Crippen molar-refractivity contribution in [1.82, 2.24) is 9.80 Å². The van der Waals surface area contributed by atoms with Crippen LogP contribution in [0.1, 0.15) is 42.4 Å². The Morgan fingerprint density at radius 1 is 1.03 bits per heavy atom. The van der Waals surface area contributed by atoms with Crippen molar-refractivity contribution in [2.75, 3.05) is 45.9 Å². The van der Waals surface area contributed by atoms with E-state index in [4.69, 9.17) is 4.74 Å². The maximum atomic E-state index is 12.9. The summed E-state index contributed by atoms with van der Waals surface area (Å²) in [6, 6.07) is 14.8. The van der Waals surface area contributed by atoms with Crippen molar-refractivity contribution in [3.8, 4) is 11.8 Å². The van der Waals surface area contributed by atoms with Crippen molar-refractivity contribution >= 4 is 0 Å². The molecule has 30 heavy (non-hydrogen) atoms. The first-order valence-electron chi connectivity index (χ1n) is 10.9. The van der Waals surface area contributed by atoms with Crippen molar-refractivity contribution in [2.45, 2.75) is 32.6 Å². The van der Waals surface area contributed by atoms with E-state index < -0.39 is 0 Å². The van der Waals surface area contributed by atoms with Gasteiger partial charge in [-0.15, -0.1) is 0 Å². The smallest absolute Gasteiger partial charge is 0.123 e. The number of hydrogen-bond donors (Lipinski definition) is 0. The Hall–Kier alpha value is -2.42. The minimum absolute atomic E-state index is 0.239. The Bertz CT molecular complexity index is 838. The molecule has 1 heterocycles. The summed E-state index contributed by atoms with van der Waals surface area (Å²) < 4.78 is 18.7. The molecule has 1 fully saturated rings. The Morgan fingerprint density at radius 3 is 2.33 bits per heavy atom. The first kappa shape index (κ1) is 22.3. The minimum Gasteiger partial charge on any atom is -0.492 e. The SMILES string of the molecule is CCC(CCN1CCN(CCOc2ccc(F)cc2)CC1)c1ccc(C)c(C#N)c1. The molecule has 1 aliphatic rings. The third-order valence-corrected chi connectivity index (χ3v) is 6.09. The molecule has 1 atom stereocenters. The van der Waals surface area contributed by atoms with Crippen molar-refractivity contribution < 1.29 is 9.13 Å².